The van der Waals surface area contributed by atoms with Gasteiger partial charge in [-0.05, 0) is 31.9 Å². The van der Waals surface area contributed by atoms with Crippen LogP contribution in [0.1, 0.15) is 26.2 Å². The maximum absolute atomic E-state index is 5.32. The standard InChI is InChI=1S/C14H22N2O/c1-11-6-5-7-12(16-11)10-15-13-8-3-4-9-14(13)17-2/h3-4,8-9,11-12,15-16H,5-7,10H2,1-2H3. The maximum Gasteiger partial charge on any atom is 0.141 e. The quantitative estimate of drug-likeness (QED) is 0.840. The molecule has 2 rings (SSSR count). The van der Waals surface area contributed by atoms with Gasteiger partial charge >= 0.3 is 0 Å². The highest BCUT2D eigenvalue weighted by atomic mass is 16.5. The Hall–Kier alpha value is -1.22. The maximum atomic E-state index is 5.32. The Morgan fingerprint density at radius 2 is 2.18 bits per heavy atom. The first-order valence-corrected chi connectivity index (χ1v) is 6.42. The van der Waals surface area contributed by atoms with Crippen LogP contribution >= 0.6 is 0 Å². The molecule has 1 saturated heterocycles. The van der Waals surface area contributed by atoms with Gasteiger partial charge in [-0.25, -0.2) is 0 Å². The molecule has 3 nitrogen and oxygen atoms in total. The van der Waals surface area contributed by atoms with Gasteiger partial charge in [-0.2, -0.15) is 0 Å². The highest BCUT2D eigenvalue weighted by Gasteiger charge is 2.17. The average Bonchev–Trinajstić information content (AvgIpc) is 2.37. The first kappa shape index (κ1) is 12.2. The molecule has 1 heterocycles. The van der Waals surface area contributed by atoms with Gasteiger partial charge in [-0.1, -0.05) is 18.6 Å². The highest BCUT2D eigenvalue weighted by molar-refractivity contribution is 5.56. The van der Waals surface area contributed by atoms with Gasteiger partial charge < -0.3 is 15.4 Å². The van der Waals surface area contributed by atoms with Crippen LogP contribution in [-0.4, -0.2) is 25.7 Å². The molecule has 1 fully saturated rings. The molecule has 3 heteroatoms. The van der Waals surface area contributed by atoms with E-state index in [9.17, 15) is 0 Å². The Labute approximate surface area is 104 Å². The molecule has 2 unspecified atom stereocenters. The van der Waals surface area contributed by atoms with Gasteiger partial charge in [-0.3, -0.25) is 0 Å². The van der Waals surface area contributed by atoms with E-state index in [2.05, 4.69) is 23.6 Å². The van der Waals surface area contributed by atoms with E-state index in [4.69, 9.17) is 4.74 Å². The van der Waals surface area contributed by atoms with Crippen molar-refractivity contribution >= 4 is 5.69 Å². The summed E-state index contributed by atoms with van der Waals surface area (Å²) in [5.74, 6) is 0.913. The summed E-state index contributed by atoms with van der Waals surface area (Å²) in [7, 11) is 1.71. The van der Waals surface area contributed by atoms with Crippen LogP contribution in [0.15, 0.2) is 24.3 Å². The van der Waals surface area contributed by atoms with E-state index < -0.39 is 0 Å². The third-order valence-electron chi connectivity index (χ3n) is 3.36. The molecule has 94 valence electrons. The van der Waals surface area contributed by atoms with Crippen LogP contribution in [-0.2, 0) is 0 Å². The van der Waals surface area contributed by atoms with E-state index in [-0.39, 0.29) is 0 Å². The number of hydrogen-bond donors (Lipinski definition) is 2. The van der Waals surface area contributed by atoms with Gasteiger partial charge in [0.25, 0.3) is 0 Å². The van der Waals surface area contributed by atoms with Gasteiger partial charge in [0.2, 0.25) is 0 Å². The number of nitrogens with one attached hydrogen (secondary N) is 2. The molecule has 1 aromatic rings. The van der Waals surface area contributed by atoms with E-state index in [1.54, 1.807) is 7.11 Å². The van der Waals surface area contributed by atoms with E-state index in [1.165, 1.54) is 19.3 Å². The lowest BCUT2D eigenvalue weighted by Gasteiger charge is -2.29. The Balaban J connectivity index is 1.88. The van der Waals surface area contributed by atoms with Gasteiger partial charge in [0.1, 0.15) is 5.75 Å². The Morgan fingerprint density at radius 1 is 1.35 bits per heavy atom. The molecule has 2 atom stereocenters. The van der Waals surface area contributed by atoms with Crippen LogP contribution in [0, 0.1) is 0 Å². The zero-order valence-electron chi connectivity index (χ0n) is 10.7. The molecule has 0 aliphatic carbocycles. The largest absolute Gasteiger partial charge is 0.495 e. The molecule has 2 N–H and O–H groups in total. The minimum atomic E-state index is 0.573. The minimum Gasteiger partial charge on any atom is -0.495 e. The lowest BCUT2D eigenvalue weighted by molar-refractivity contribution is 0.344. The number of ether oxygens (including phenoxy) is 1. The number of methoxy groups -OCH3 is 1. The zero-order valence-corrected chi connectivity index (χ0v) is 10.7. The van der Waals surface area contributed by atoms with Crippen LogP contribution in [0.25, 0.3) is 0 Å². The summed E-state index contributed by atoms with van der Waals surface area (Å²) in [6.45, 7) is 3.22. The van der Waals surface area contributed by atoms with Crippen molar-refractivity contribution in [1.29, 1.82) is 0 Å². The van der Waals surface area contributed by atoms with Crippen molar-refractivity contribution in [2.45, 2.75) is 38.3 Å². The van der Waals surface area contributed by atoms with Crippen LogP contribution in [0.2, 0.25) is 0 Å². The lowest BCUT2D eigenvalue weighted by Crippen LogP contribution is -2.44. The Morgan fingerprint density at radius 3 is 2.94 bits per heavy atom. The highest BCUT2D eigenvalue weighted by Crippen LogP contribution is 2.23. The van der Waals surface area contributed by atoms with Gasteiger partial charge in [0.15, 0.2) is 0 Å². The second-order valence-corrected chi connectivity index (χ2v) is 4.78. The summed E-state index contributed by atoms with van der Waals surface area (Å²) >= 11 is 0. The Bertz CT molecular complexity index is 354. The molecule has 0 amide bonds. The van der Waals surface area contributed by atoms with Crippen molar-refractivity contribution in [2.24, 2.45) is 0 Å². The fraction of sp³-hybridized carbons (Fsp3) is 0.571. The van der Waals surface area contributed by atoms with E-state index >= 15 is 0 Å². The monoisotopic (exact) mass is 234 g/mol. The van der Waals surface area contributed by atoms with Gasteiger partial charge in [-0.15, -0.1) is 0 Å². The third kappa shape index (κ3) is 3.37. The fourth-order valence-corrected chi connectivity index (χ4v) is 2.42. The van der Waals surface area contributed by atoms with Crippen molar-refractivity contribution in [3.8, 4) is 5.75 Å². The number of benzene rings is 1. The summed E-state index contributed by atoms with van der Waals surface area (Å²) in [6.07, 6.45) is 3.88. The van der Waals surface area contributed by atoms with E-state index in [1.807, 2.05) is 18.2 Å². The summed E-state index contributed by atoms with van der Waals surface area (Å²) in [4.78, 5) is 0. The average molecular weight is 234 g/mol. The molecule has 1 aromatic carbocycles. The number of hydrogen-bond acceptors (Lipinski definition) is 3. The minimum absolute atomic E-state index is 0.573. The second-order valence-electron chi connectivity index (χ2n) is 4.78. The molecule has 17 heavy (non-hydrogen) atoms. The predicted molar refractivity (Wildman–Crippen MR) is 71.7 cm³/mol. The van der Waals surface area contributed by atoms with E-state index in [0.29, 0.717) is 12.1 Å². The lowest BCUT2D eigenvalue weighted by atomic mass is 9.99. The molecule has 1 aliphatic rings. The second kappa shape index (κ2) is 5.92. The first-order chi connectivity index (χ1) is 8.29. The summed E-state index contributed by atoms with van der Waals surface area (Å²) < 4.78 is 5.32. The fourth-order valence-electron chi connectivity index (χ4n) is 2.42. The molecule has 0 spiro atoms. The van der Waals surface area contributed by atoms with Crippen LogP contribution in [0.4, 0.5) is 5.69 Å². The van der Waals surface area contributed by atoms with Crippen molar-refractivity contribution in [2.75, 3.05) is 19.0 Å². The Kier molecular flexibility index (Phi) is 4.26. The number of rotatable bonds is 4. The summed E-state index contributed by atoms with van der Waals surface area (Å²) in [6, 6.07) is 9.29. The normalized spacial score (nSPS) is 24.4. The van der Waals surface area contributed by atoms with Crippen molar-refractivity contribution < 1.29 is 4.74 Å². The predicted octanol–water partition coefficient (Wildman–Crippen LogP) is 2.64. The van der Waals surface area contributed by atoms with Crippen LogP contribution in [0.5, 0.6) is 5.75 Å². The van der Waals surface area contributed by atoms with Crippen LogP contribution < -0.4 is 15.4 Å². The molecule has 0 radical (unpaired) electrons. The van der Waals surface area contributed by atoms with Crippen LogP contribution in [0.3, 0.4) is 0 Å². The molecule has 0 saturated carbocycles. The number of anilines is 1. The molecular weight excluding hydrogens is 212 g/mol. The molecule has 0 aromatic heterocycles. The van der Waals surface area contributed by atoms with Gasteiger partial charge in [0.05, 0.1) is 12.8 Å². The number of piperidine rings is 1. The third-order valence-corrected chi connectivity index (χ3v) is 3.36. The van der Waals surface area contributed by atoms with Crippen molar-refractivity contribution in [3.63, 3.8) is 0 Å². The molecule has 0 bridgehead atoms. The molecular formula is C14H22N2O. The number of para-hydroxylation sites is 2. The SMILES string of the molecule is COc1ccccc1NCC1CCCC(C)N1. The first-order valence-electron chi connectivity index (χ1n) is 6.42. The topological polar surface area (TPSA) is 33.3 Å². The van der Waals surface area contributed by atoms with Crippen molar-refractivity contribution in [3.05, 3.63) is 24.3 Å². The van der Waals surface area contributed by atoms with E-state index in [0.717, 1.165) is 18.0 Å². The summed E-state index contributed by atoms with van der Waals surface area (Å²) in [5.41, 5.74) is 1.08. The molecule has 1 aliphatic heterocycles. The summed E-state index contributed by atoms with van der Waals surface area (Å²) in [5, 5.41) is 7.09. The van der Waals surface area contributed by atoms with Gasteiger partial charge in [0, 0.05) is 18.6 Å². The smallest absolute Gasteiger partial charge is 0.141 e. The zero-order chi connectivity index (χ0) is 12.1. The van der Waals surface area contributed by atoms with Crippen molar-refractivity contribution in [1.82, 2.24) is 5.32 Å².